The predicted octanol–water partition coefficient (Wildman–Crippen LogP) is 0.376. The molecule has 1 aliphatic rings. The van der Waals surface area contributed by atoms with E-state index in [0.29, 0.717) is 32.2 Å². The third-order valence-electron chi connectivity index (χ3n) is 3.04. The Bertz CT molecular complexity index is 254. The maximum atomic E-state index is 11.6. The maximum absolute atomic E-state index is 11.6. The number of nitrogens with one attached hydrogen (secondary N) is 1. The van der Waals surface area contributed by atoms with Crippen molar-refractivity contribution in [3.63, 3.8) is 0 Å². The van der Waals surface area contributed by atoms with Crippen LogP contribution in [0.2, 0.25) is 0 Å². The van der Waals surface area contributed by atoms with Crippen LogP contribution < -0.4 is 5.32 Å². The summed E-state index contributed by atoms with van der Waals surface area (Å²) in [5.41, 5.74) is 0. The number of carbonyl (C=O) groups excluding carboxylic acids is 1. The smallest absolute Gasteiger partial charge is 0.306 e. The number of carboxylic acids is 1. The van der Waals surface area contributed by atoms with E-state index in [1.165, 1.54) is 0 Å². The molecule has 0 aliphatic heterocycles. The molecule has 0 radical (unpaired) electrons. The van der Waals surface area contributed by atoms with E-state index in [1.807, 2.05) is 0 Å². The SMILES string of the molecule is O=C(O)C1CCC(C(=O)NCCCCO)C1. The van der Waals surface area contributed by atoms with Gasteiger partial charge in [0.2, 0.25) is 5.91 Å². The van der Waals surface area contributed by atoms with E-state index in [-0.39, 0.29) is 24.3 Å². The number of rotatable bonds is 6. The lowest BCUT2D eigenvalue weighted by molar-refractivity contribution is -0.141. The van der Waals surface area contributed by atoms with Crippen LogP contribution >= 0.6 is 0 Å². The summed E-state index contributed by atoms with van der Waals surface area (Å²) >= 11 is 0. The Morgan fingerprint density at radius 3 is 2.44 bits per heavy atom. The van der Waals surface area contributed by atoms with Gasteiger partial charge in [-0.15, -0.1) is 0 Å². The number of unbranched alkanes of at least 4 members (excludes halogenated alkanes) is 1. The summed E-state index contributed by atoms with van der Waals surface area (Å²) in [6.45, 7) is 0.702. The first-order valence-electron chi connectivity index (χ1n) is 5.76. The molecule has 92 valence electrons. The molecule has 0 bridgehead atoms. The fourth-order valence-electron chi connectivity index (χ4n) is 2.04. The fraction of sp³-hybridized carbons (Fsp3) is 0.818. The minimum Gasteiger partial charge on any atom is -0.481 e. The summed E-state index contributed by atoms with van der Waals surface area (Å²) in [5, 5.41) is 20.1. The molecule has 0 aromatic carbocycles. The highest BCUT2D eigenvalue weighted by atomic mass is 16.4. The number of hydrogen-bond donors (Lipinski definition) is 3. The molecule has 5 nitrogen and oxygen atoms in total. The molecule has 0 spiro atoms. The number of hydrogen-bond acceptors (Lipinski definition) is 3. The maximum Gasteiger partial charge on any atom is 0.306 e. The second-order valence-electron chi connectivity index (χ2n) is 4.27. The fourth-order valence-corrected chi connectivity index (χ4v) is 2.04. The second-order valence-corrected chi connectivity index (χ2v) is 4.27. The van der Waals surface area contributed by atoms with E-state index in [4.69, 9.17) is 10.2 Å². The lowest BCUT2D eigenvalue weighted by atomic mass is 10.0. The molecule has 0 aromatic heterocycles. The van der Waals surface area contributed by atoms with Crippen LogP contribution in [0.1, 0.15) is 32.1 Å². The molecule has 2 atom stereocenters. The first-order valence-corrected chi connectivity index (χ1v) is 5.76. The monoisotopic (exact) mass is 229 g/mol. The van der Waals surface area contributed by atoms with Crippen LogP contribution in [0.3, 0.4) is 0 Å². The summed E-state index contributed by atoms with van der Waals surface area (Å²) in [7, 11) is 0. The Balaban J connectivity index is 2.20. The summed E-state index contributed by atoms with van der Waals surface area (Å²) < 4.78 is 0. The minimum atomic E-state index is -0.796. The number of carboxylic acid groups (broad SMARTS) is 1. The normalized spacial score (nSPS) is 24.3. The van der Waals surface area contributed by atoms with Crippen molar-refractivity contribution in [1.29, 1.82) is 0 Å². The van der Waals surface area contributed by atoms with Gasteiger partial charge in [0, 0.05) is 19.1 Å². The highest BCUT2D eigenvalue weighted by molar-refractivity contribution is 5.80. The van der Waals surface area contributed by atoms with Crippen molar-refractivity contribution >= 4 is 11.9 Å². The molecule has 1 amide bonds. The summed E-state index contributed by atoms with van der Waals surface area (Å²) in [6.07, 6.45) is 3.17. The molecular weight excluding hydrogens is 210 g/mol. The molecule has 0 saturated heterocycles. The van der Waals surface area contributed by atoms with Crippen LogP contribution in [0.15, 0.2) is 0 Å². The number of aliphatic hydroxyl groups excluding tert-OH is 1. The summed E-state index contributed by atoms with van der Waals surface area (Å²) in [6, 6.07) is 0. The van der Waals surface area contributed by atoms with Gasteiger partial charge in [-0.25, -0.2) is 0 Å². The lowest BCUT2D eigenvalue weighted by Crippen LogP contribution is -2.30. The number of amides is 1. The highest BCUT2D eigenvalue weighted by Gasteiger charge is 2.33. The van der Waals surface area contributed by atoms with Gasteiger partial charge in [0.15, 0.2) is 0 Å². The van der Waals surface area contributed by atoms with Crippen LogP contribution in [0, 0.1) is 11.8 Å². The minimum absolute atomic E-state index is 0.0401. The van der Waals surface area contributed by atoms with E-state index in [0.717, 1.165) is 6.42 Å². The zero-order valence-corrected chi connectivity index (χ0v) is 9.32. The zero-order chi connectivity index (χ0) is 12.0. The Labute approximate surface area is 94.8 Å². The quantitative estimate of drug-likeness (QED) is 0.574. The third kappa shape index (κ3) is 3.81. The Hall–Kier alpha value is -1.10. The lowest BCUT2D eigenvalue weighted by Gasteiger charge is -2.10. The first kappa shape index (κ1) is 13.0. The molecule has 3 N–H and O–H groups in total. The topological polar surface area (TPSA) is 86.6 Å². The van der Waals surface area contributed by atoms with Crippen molar-refractivity contribution in [2.24, 2.45) is 11.8 Å². The standard InChI is InChI=1S/C11H19NO4/c13-6-2-1-5-12-10(14)8-3-4-9(7-8)11(15)16/h8-9,13H,1-7H2,(H,12,14)(H,15,16). The van der Waals surface area contributed by atoms with Gasteiger partial charge in [-0.05, 0) is 32.1 Å². The van der Waals surface area contributed by atoms with Crippen LogP contribution in [-0.2, 0) is 9.59 Å². The molecule has 0 aromatic rings. The number of aliphatic carboxylic acids is 1. The van der Waals surface area contributed by atoms with Crippen molar-refractivity contribution in [2.75, 3.05) is 13.2 Å². The van der Waals surface area contributed by atoms with Gasteiger partial charge in [0.1, 0.15) is 0 Å². The zero-order valence-electron chi connectivity index (χ0n) is 9.32. The Morgan fingerprint density at radius 1 is 1.19 bits per heavy atom. The van der Waals surface area contributed by atoms with E-state index in [1.54, 1.807) is 0 Å². The van der Waals surface area contributed by atoms with Crippen molar-refractivity contribution in [2.45, 2.75) is 32.1 Å². The first-order chi connectivity index (χ1) is 7.65. The van der Waals surface area contributed by atoms with Gasteiger partial charge < -0.3 is 15.5 Å². The van der Waals surface area contributed by atoms with Gasteiger partial charge in [-0.3, -0.25) is 9.59 Å². The average molecular weight is 229 g/mol. The van der Waals surface area contributed by atoms with Gasteiger partial charge in [0.25, 0.3) is 0 Å². The molecular formula is C11H19NO4. The number of carbonyl (C=O) groups is 2. The molecule has 5 heteroatoms. The molecule has 2 unspecified atom stereocenters. The van der Waals surface area contributed by atoms with E-state index < -0.39 is 5.97 Å². The van der Waals surface area contributed by atoms with Crippen molar-refractivity contribution in [3.05, 3.63) is 0 Å². The average Bonchev–Trinajstić information content (AvgIpc) is 2.73. The summed E-state index contributed by atoms with van der Waals surface area (Å²) in [5.74, 6) is -1.33. The Morgan fingerprint density at radius 2 is 1.88 bits per heavy atom. The van der Waals surface area contributed by atoms with Gasteiger partial charge in [0.05, 0.1) is 5.92 Å². The Kier molecular flexibility index (Phi) is 5.25. The second kappa shape index (κ2) is 6.48. The van der Waals surface area contributed by atoms with E-state index in [2.05, 4.69) is 5.32 Å². The van der Waals surface area contributed by atoms with Crippen LogP contribution in [-0.4, -0.2) is 35.2 Å². The molecule has 1 aliphatic carbocycles. The largest absolute Gasteiger partial charge is 0.481 e. The molecule has 1 fully saturated rings. The van der Waals surface area contributed by atoms with Crippen LogP contribution in [0.5, 0.6) is 0 Å². The van der Waals surface area contributed by atoms with Crippen molar-refractivity contribution in [1.82, 2.24) is 5.32 Å². The summed E-state index contributed by atoms with van der Waals surface area (Å²) in [4.78, 5) is 22.3. The van der Waals surface area contributed by atoms with Gasteiger partial charge in [-0.1, -0.05) is 0 Å². The molecule has 1 saturated carbocycles. The number of aliphatic hydroxyl groups is 1. The van der Waals surface area contributed by atoms with Crippen LogP contribution in [0.4, 0.5) is 0 Å². The van der Waals surface area contributed by atoms with Crippen molar-refractivity contribution in [3.8, 4) is 0 Å². The van der Waals surface area contributed by atoms with Gasteiger partial charge in [-0.2, -0.15) is 0 Å². The van der Waals surface area contributed by atoms with E-state index >= 15 is 0 Å². The highest BCUT2D eigenvalue weighted by Crippen LogP contribution is 2.30. The van der Waals surface area contributed by atoms with E-state index in [9.17, 15) is 9.59 Å². The molecule has 0 heterocycles. The van der Waals surface area contributed by atoms with Crippen LogP contribution in [0.25, 0.3) is 0 Å². The molecule has 1 rings (SSSR count). The molecule has 16 heavy (non-hydrogen) atoms. The predicted molar refractivity (Wildman–Crippen MR) is 57.8 cm³/mol. The van der Waals surface area contributed by atoms with Crippen molar-refractivity contribution < 1.29 is 19.8 Å². The third-order valence-corrected chi connectivity index (χ3v) is 3.04. The van der Waals surface area contributed by atoms with Gasteiger partial charge >= 0.3 is 5.97 Å².